The lowest BCUT2D eigenvalue weighted by atomic mass is 10.1. The van der Waals surface area contributed by atoms with Gasteiger partial charge in [-0.05, 0) is 12.0 Å². The van der Waals surface area contributed by atoms with Crippen LogP contribution < -0.4 is 0 Å². The third-order valence-corrected chi connectivity index (χ3v) is 2.25. The quantitative estimate of drug-likeness (QED) is 0.725. The van der Waals surface area contributed by atoms with Crippen molar-refractivity contribution in [1.82, 2.24) is 0 Å². The van der Waals surface area contributed by atoms with E-state index in [1.165, 1.54) is 0 Å². The Morgan fingerprint density at radius 2 is 2.21 bits per heavy atom. The molecule has 0 aromatic rings. The number of aliphatic hydroxyl groups is 2. The van der Waals surface area contributed by atoms with Gasteiger partial charge >= 0.3 is 0 Å². The molecule has 14 heavy (non-hydrogen) atoms. The SMILES string of the molecule is COC1=C(CCO)C=CC(C)C(O)=C1. The normalized spacial score (nSPS) is 21.9. The summed E-state index contributed by atoms with van der Waals surface area (Å²) in [7, 11) is 1.56. The van der Waals surface area contributed by atoms with Crippen LogP contribution in [0.4, 0.5) is 0 Å². The number of aliphatic hydroxyl groups excluding tert-OH is 2. The zero-order valence-electron chi connectivity index (χ0n) is 8.53. The van der Waals surface area contributed by atoms with E-state index in [0.29, 0.717) is 12.2 Å². The summed E-state index contributed by atoms with van der Waals surface area (Å²) in [5.74, 6) is 0.902. The van der Waals surface area contributed by atoms with Crippen molar-refractivity contribution in [2.45, 2.75) is 13.3 Å². The van der Waals surface area contributed by atoms with Crippen LogP contribution in [-0.2, 0) is 4.74 Å². The topological polar surface area (TPSA) is 49.7 Å². The van der Waals surface area contributed by atoms with Crippen LogP contribution in [-0.4, -0.2) is 23.9 Å². The van der Waals surface area contributed by atoms with Crippen LogP contribution >= 0.6 is 0 Å². The fourth-order valence-corrected chi connectivity index (χ4v) is 1.32. The van der Waals surface area contributed by atoms with E-state index in [1.54, 1.807) is 13.2 Å². The molecule has 0 radical (unpaired) electrons. The molecule has 0 heterocycles. The summed E-state index contributed by atoms with van der Waals surface area (Å²) in [6.45, 7) is 1.98. The van der Waals surface area contributed by atoms with Gasteiger partial charge in [0, 0.05) is 18.6 Å². The van der Waals surface area contributed by atoms with Crippen LogP contribution in [0.5, 0.6) is 0 Å². The predicted octanol–water partition coefficient (Wildman–Crippen LogP) is 1.92. The molecule has 78 valence electrons. The first-order valence-electron chi connectivity index (χ1n) is 4.65. The lowest BCUT2D eigenvalue weighted by molar-refractivity contribution is 0.280. The van der Waals surface area contributed by atoms with Gasteiger partial charge in [-0.15, -0.1) is 0 Å². The molecule has 0 spiro atoms. The molecule has 0 aromatic heterocycles. The summed E-state index contributed by atoms with van der Waals surface area (Å²) in [5.41, 5.74) is 0.908. The van der Waals surface area contributed by atoms with Crippen molar-refractivity contribution in [3.63, 3.8) is 0 Å². The third-order valence-electron chi connectivity index (χ3n) is 2.25. The molecule has 0 saturated carbocycles. The highest BCUT2D eigenvalue weighted by Crippen LogP contribution is 2.22. The van der Waals surface area contributed by atoms with Gasteiger partial charge in [0.2, 0.25) is 0 Å². The van der Waals surface area contributed by atoms with E-state index in [4.69, 9.17) is 9.84 Å². The molecule has 3 heteroatoms. The average molecular weight is 196 g/mol. The number of allylic oxidation sites excluding steroid dienone is 3. The van der Waals surface area contributed by atoms with E-state index in [2.05, 4.69) is 0 Å². The maximum absolute atomic E-state index is 9.58. The molecule has 1 aliphatic rings. The Balaban J connectivity index is 3.01. The molecule has 0 amide bonds. The van der Waals surface area contributed by atoms with Gasteiger partial charge in [0.05, 0.1) is 7.11 Å². The van der Waals surface area contributed by atoms with Crippen molar-refractivity contribution in [3.05, 3.63) is 35.3 Å². The molecule has 0 fully saturated rings. The molecule has 0 aliphatic heterocycles. The number of rotatable bonds is 3. The van der Waals surface area contributed by atoms with Crippen molar-refractivity contribution in [1.29, 1.82) is 0 Å². The standard InChI is InChI=1S/C11H16O3/c1-8-3-4-9(5-6-12)11(14-2)7-10(8)13/h3-4,7-8,12-13H,5-6H2,1-2H3. The molecule has 2 N–H and O–H groups in total. The van der Waals surface area contributed by atoms with Crippen molar-refractivity contribution >= 4 is 0 Å². The molecular formula is C11H16O3. The van der Waals surface area contributed by atoms with E-state index >= 15 is 0 Å². The van der Waals surface area contributed by atoms with Gasteiger partial charge in [-0.25, -0.2) is 0 Å². The Morgan fingerprint density at radius 3 is 2.79 bits per heavy atom. The van der Waals surface area contributed by atoms with E-state index < -0.39 is 0 Å². The first-order valence-corrected chi connectivity index (χ1v) is 4.65. The van der Waals surface area contributed by atoms with Gasteiger partial charge in [-0.1, -0.05) is 19.1 Å². The van der Waals surface area contributed by atoms with Crippen LogP contribution in [0, 0.1) is 5.92 Å². The molecule has 3 nitrogen and oxygen atoms in total. The minimum atomic E-state index is -0.00339. The molecule has 0 bridgehead atoms. The van der Waals surface area contributed by atoms with Crippen molar-refractivity contribution < 1.29 is 14.9 Å². The van der Waals surface area contributed by atoms with Crippen molar-refractivity contribution in [2.24, 2.45) is 5.92 Å². The Bertz CT molecular complexity index is 287. The molecule has 1 atom stereocenters. The van der Waals surface area contributed by atoms with E-state index in [-0.39, 0.29) is 18.3 Å². The van der Waals surface area contributed by atoms with Gasteiger partial charge in [0.15, 0.2) is 0 Å². The lowest BCUT2D eigenvalue weighted by Crippen LogP contribution is -1.95. The number of methoxy groups -OCH3 is 1. The van der Waals surface area contributed by atoms with Gasteiger partial charge in [0.1, 0.15) is 11.5 Å². The fourth-order valence-electron chi connectivity index (χ4n) is 1.32. The van der Waals surface area contributed by atoms with E-state index in [1.807, 2.05) is 19.1 Å². The van der Waals surface area contributed by atoms with Gasteiger partial charge < -0.3 is 14.9 Å². The van der Waals surface area contributed by atoms with Gasteiger partial charge in [-0.2, -0.15) is 0 Å². The van der Waals surface area contributed by atoms with Crippen LogP contribution in [0.1, 0.15) is 13.3 Å². The molecular weight excluding hydrogens is 180 g/mol. The number of hydrogen-bond acceptors (Lipinski definition) is 3. The minimum Gasteiger partial charge on any atom is -0.512 e. The number of hydrogen-bond donors (Lipinski definition) is 2. The van der Waals surface area contributed by atoms with Crippen molar-refractivity contribution in [2.75, 3.05) is 13.7 Å². The molecule has 0 saturated heterocycles. The van der Waals surface area contributed by atoms with E-state index in [0.717, 1.165) is 5.57 Å². The summed E-state index contributed by atoms with van der Waals surface area (Å²) in [6, 6.07) is 0. The van der Waals surface area contributed by atoms with Crippen LogP contribution in [0.2, 0.25) is 0 Å². The van der Waals surface area contributed by atoms with Gasteiger partial charge in [-0.3, -0.25) is 0 Å². The molecule has 1 rings (SSSR count). The van der Waals surface area contributed by atoms with Crippen LogP contribution in [0.3, 0.4) is 0 Å². The van der Waals surface area contributed by atoms with Crippen LogP contribution in [0.25, 0.3) is 0 Å². The van der Waals surface area contributed by atoms with Crippen molar-refractivity contribution in [3.8, 4) is 0 Å². The highest BCUT2D eigenvalue weighted by atomic mass is 16.5. The summed E-state index contributed by atoms with van der Waals surface area (Å²) in [4.78, 5) is 0. The lowest BCUT2D eigenvalue weighted by Gasteiger charge is -2.06. The first-order chi connectivity index (χ1) is 6.69. The average Bonchev–Trinajstić information content (AvgIpc) is 2.31. The summed E-state index contributed by atoms with van der Waals surface area (Å²) < 4.78 is 5.14. The third kappa shape index (κ3) is 2.39. The maximum Gasteiger partial charge on any atom is 0.125 e. The second kappa shape index (κ2) is 4.86. The molecule has 0 aromatic carbocycles. The summed E-state index contributed by atoms with van der Waals surface area (Å²) >= 11 is 0. The molecule has 1 unspecified atom stereocenters. The molecule has 1 aliphatic carbocycles. The zero-order chi connectivity index (χ0) is 10.6. The second-order valence-corrected chi connectivity index (χ2v) is 3.28. The van der Waals surface area contributed by atoms with E-state index in [9.17, 15) is 5.11 Å². The second-order valence-electron chi connectivity index (χ2n) is 3.28. The summed E-state index contributed by atoms with van der Waals surface area (Å²) in [6.07, 6.45) is 5.92. The Kier molecular flexibility index (Phi) is 3.77. The monoisotopic (exact) mass is 196 g/mol. The minimum absolute atomic E-state index is 0.00339. The Labute approximate surface area is 84.0 Å². The fraction of sp³-hybridized carbons (Fsp3) is 0.455. The predicted molar refractivity (Wildman–Crippen MR) is 54.8 cm³/mol. The largest absolute Gasteiger partial charge is 0.512 e. The highest BCUT2D eigenvalue weighted by Gasteiger charge is 2.11. The Hall–Kier alpha value is -1.22. The first kappa shape index (κ1) is 10.9. The maximum atomic E-state index is 9.58. The smallest absolute Gasteiger partial charge is 0.125 e. The van der Waals surface area contributed by atoms with Gasteiger partial charge in [0.25, 0.3) is 0 Å². The summed E-state index contributed by atoms with van der Waals surface area (Å²) in [5, 5.41) is 18.4. The van der Waals surface area contributed by atoms with Crippen LogP contribution in [0.15, 0.2) is 35.3 Å². The highest BCUT2D eigenvalue weighted by molar-refractivity contribution is 5.34. The zero-order valence-corrected chi connectivity index (χ0v) is 8.53. The number of ether oxygens (including phenoxy) is 1. The Morgan fingerprint density at radius 1 is 1.50 bits per heavy atom.